The van der Waals surface area contributed by atoms with Crippen LogP contribution in [0.2, 0.25) is 5.02 Å². The maximum Gasteiger partial charge on any atom is 0.298 e. The largest absolute Gasteiger partial charge is 0.490 e. The van der Waals surface area contributed by atoms with Crippen molar-refractivity contribution in [3.8, 4) is 11.5 Å². The summed E-state index contributed by atoms with van der Waals surface area (Å²) in [5.74, 6) is 0.713. The number of carbonyl (C=O) groups is 2. The zero-order valence-electron chi connectivity index (χ0n) is 15.5. The molecule has 0 radical (unpaired) electrons. The van der Waals surface area contributed by atoms with Crippen molar-refractivity contribution in [1.29, 1.82) is 0 Å². The zero-order chi connectivity index (χ0) is 21.0. The smallest absolute Gasteiger partial charge is 0.298 e. The summed E-state index contributed by atoms with van der Waals surface area (Å²) in [7, 11) is 0. The lowest BCUT2D eigenvalue weighted by Gasteiger charge is -2.13. The number of hydrogen-bond acceptors (Lipinski definition) is 5. The Morgan fingerprint density at radius 3 is 2.52 bits per heavy atom. The SMILES string of the molecule is C=CCOc1cc(Br)c(/C=C2/SC(=O)N(c3ccc(Cl)cc3)C2=O)cc1OCC. The van der Waals surface area contributed by atoms with Gasteiger partial charge in [0.05, 0.1) is 17.2 Å². The lowest BCUT2D eigenvalue weighted by Crippen LogP contribution is -2.27. The Morgan fingerprint density at radius 2 is 1.86 bits per heavy atom. The average molecular weight is 495 g/mol. The molecule has 5 nitrogen and oxygen atoms in total. The van der Waals surface area contributed by atoms with E-state index in [1.165, 1.54) is 0 Å². The first kappa shape index (κ1) is 21.5. The molecule has 3 rings (SSSR count). The number of anilines is 1. The molecule has 1 heterocycles. The number of amides is 2. The summed E-state index contributed by atoms with van der Waals surface area (Å²) in [6, 6.07) is 10.1. The van der Waals surface area contributed by atoms with Crippen molar-refractivity contribution in [2.24, 2.45) is 0 Å². The summed E-state index contributed by atoms with van der Waals surface area (Å²) in [5.41, 5.74) is 1.17. The second-order valence-electron chi connectivity index (χ2n) is 5.85. The Labute approximate surface area is 186 Å². The molecular formula is C21H17BrClNO4S. The van der Waals surface area contributed by atoms with Crippen LogP contribution in [0.25, 0.3) is 6.08 Å². The molecular weight excluding hydrogens is 478 g/mol. The van der Waals surface area contributed by atoms with Crippen LogP contribution in [0.3, 0.4) is 0 Å². The van der Waals surface area contributed by atoms with Crippen LogP contribution in [0.1, 0.15) is 12.5 Å². The second-order valence-corrected chi connectivity index (χ2v) is 8.13. The Balaban J connectivity index is 1.94. The van der Waals surface area contributed by atoms with Crippen molar-refractivity contribution >= 4 is 62.2 Å². The van der Waals surface area contributed by atoms with Crippen LogP contribution in [0.4, 0.5) is 10.5 Å². The van der Waals surface area contributed by atoms with Crippen LogP contribution in [-0.4, -0.2) is 24.4 Å². The third kappa shape index (κ3) is 4.86. The highest BCUT2D eigenvalue weighted by Gasteiger charge is 2.36. The molecule has 0 unspecified atom stereocenters. The van der Waals surface area contributed by atoms with E-state index >= 15 is 0 Å². The molecule has 2 amide bonds. The molecule has 1 saturated heterocycles. The average Bonchev–Trinajstić information content (AvgIpc) is 2.97. The van der Waals surface area contributed by atoms with E-state index in [0.29, 0.717) is 50.4 Å². The van der Waals surface area contributed by atoms with Crippen LogP contribution >= 0.6 is 39.3 Å². The van der Waals surface area contributed by atoms with Gasteiger partial charge in [-0.2, -0.15) is 0 Å². The molecule has 0 atom stereocenters. The summed E-state index contributed by atoms with van der Waals surface area (Å²) in [6.07, 6.45) is 3.30. The molecule has 2 aromatic carbocycles. The fourth-order valence-corrected chi connectivity index (χ4v) is 4.01. The van der Waals surface area contributed by atoms with Gasteiger partial charge in [0, 0.05) is 9.50 Å². The maximum atomic E-state index is 12.8. The molecule has 0 bridgehead atoms. The van der Waals surface area contributed by atoms with Crippen molar-refractivity contribution in [2.45, 2.75) is 6.92 Å². The highest BCUT2D eigenvalue weighted by molar-refractivity contribution is 9.10. The number of benzene rings is 2. The fraction of sp³-hybridized carbons (Fsp3) is 0.143. The van der Waals surface area contributed by atoms with Crippen LogP contribution in [0, 0.1) is 0 Å². The van der Waals surface area contributed by atoms with Crippen LogP contribution in [0.5, 0.6) is 11.5 Å². The van der Waals surface area contributed by atoms with E-state index in [4.69, 9.17) is 21.1 Å². The number of halogens is 2. The number of carbonyl (C=O) groups excluding carboxylic acids is 2. The van der Waals surface area contributed by atoms with Gasteiger partial charge in [-0.3, -0.25) is 9.59 Å². The normalized spacial score (nSPS) is 15.1. The molecule has 1 fully saturated rings. The second kappa shape index (κ2) is 9.52. The van der Waals surface area contributed by atoms with E-state index in [-0.39, 0.29) is 11.1 Å². The van der Waals surface area contributed by atoms with E-state index in [1.54, 1.807) is 48.6 Å². The first-order valence-corrected chi connectivity index (χ1v) is 10.7. The van der Waals surface area contributed by atoms with Crippen LogP contribution in [-0.2, 0) is 4.79 Å². The van der Waals surface area contributed by atoms with Crippen LogP contribution < -0.4 is 14.4 Å². The van der Waals surface area contributed by atoms with Crippen LogP contribution in [0.15, 0.2) is 58.4 Å². The fourth-order valence-electron chi connectivity index (χ4n) is 2.61. The van der Waals surface area contributed by atoms with Gasteiger partial charge >= 0.3 is 0 Å². The molecule has 150 valence electrons. The van der Waals surface area contributed by atoms with Gasteiger partial charge < -0.3 is 9.47 Å². The molecule has 8 heteroatoms. The van der Waals surface area contributed by atoms with Crippen molar-refractivity contribution < 1.29 is 19.1 Å². The third-order valence-electron chi connectivity index (χ3n) is 3.88. The van der Waals surface area contributed by atoms with Gasteiger partial charge in [0.1, 0.15) is 6.61 Å². The molecule has 0 spiro atoms. The van der Waals surface area contributed by atoms with Gasteiger partial charge in [0.15, 0.2) is 11.5 Å². The number of nitrogens with zero attached hydrogens (tertiary/aromatic N) is 1. The Kier molecular flexibility index (Phi) is 7.05. The lowest BCUT2D eigenvalue weighted by molar-refractivity contribution is -0.113. The van der Waals surface area contributed by atoms with E-state index in [0.717, 1.165) is 16.7 Å². The number of imide groups is 1. The standard InChI is InChI=1S/C21H17BrClNO4S/c1-3-9-28-18-12-16(22)13(10-17(18)27-4-2)11-19-20(25)24(21(26)29-19)15-7-5-14(23)6-8-15/h3,5-8,10-12H,1,4,9H2,2H3/b19-11+. The quantitative estimate of drug-likeness (QED) is 0.334. The minimum atomic E-state index is -0.390. The molecule has 0 saturated carbocycles. The number of rotatable bonds is 7. The monoisotopic (exact) mass is 493 g/mol. The molecule has 0 aromatic heterocycles. The van der Waals surface area contributed by atoms with Crippen molar-refractivity contribution in [2.75, 3.05) is 18.1 Å². The van der Waals surface area contributed by atoms with E-state index in [2.05, 4.69) is 22.5 Å². The maximum absolute atomic E-state index is 12.8. The Hall–Kier alpha value is -2.22. The van der Waals surface area contributed by atoms with E-state index < -0.39 is 0 Å². The molecule has 0 N–H and O–H groups in total. The summed E-state index contributed by atoms with van der Waals surface area (Å²) >= 11 is 10.3. The molecule has 1 aliphatic heterocycles. The predicted molar refractivity (Wildman–Crippen MR) is 121 cm³/mol. The van der Waals surface area contributed by atoms with E-state index in [1.807, 2.05) is 6.92 Å². The molecule has 29 heavy (non-hydrogen) atoms. The first-order chi connectivity index (χ1) is 13.9. The van der Waals surface area contributed by atoms with Gasteiger partial charge in [0.25, 0.3) is 11.1 Å². The summed E-state index contributed by atoms with van der Waals surface area (Å²) in [6.45, 7) is 6.31. The molecule has 0 aliphatic carbocycles. The number of ether oxygens (including phenoxy) is 2. The van der Waals surface area contributed by atoms with Gasteiger partial charge in [0.2, 0.25) is 0 Å². The summed E-state index contributed by atoms with van der Waals surface area (Å²) < 4.78 is 12.0. The van der Waals surface area contributed by atoms with Gasteiger partial charge in [-0.05, 0) is 66.7 Å². The third-order valence-corrected chi connectivity index (χ3v) is 5.69. The zero-order valence-corrected chi connectivity index (χ0v) is 18.6. The lowest BCUT2D eigenvalue weighted by atomic mass is 10.1. The van der Waals surface area contributed by atoms with Crippen molar-refractivity contribution in [3.05, 3.63) is 69.0 Å². The van der Waals surface area contributed by atoms with Crippen molar-refractivity contribution in [3.63, 3.8) is 0 Å². The topological polar surface area (TPSA) is 55.8 Å². The Morgan fingerprint density at radius 1 is 1.17 bits per heavy atom. The highest BCUT2D eigenvalue weighted by atomic mass is 79.9. The number of thioether (sulfide) groups is 1. The summed E-state index contributed by atoms with van der Waals surface area (Å²) in [5, 5.41) is 0.165. The minimum Gasteiger partial charge on any atom is -0.490 e. The molecule has 2 aromatic rings. The Bertz CT molecular complexity index is 991. The van der Waals surface area contributed by atoms with Gasteiger partial charge in [-0.25, -0.2) is 4.90 Å². The highest BCUT2D eigenvalue weighted by Crippen LogP contribution is 2.39. The van der Waals surface area contributed by atoms with Crippen molar-refractivity contribution in [1.82, 2.24) is 0 Å². The molecule has 1 aliphatic rings. The summed E-state index contributed by atoms with van der Waals surface area (Å²) in [4.78, 5) is 26.7. The minimum absolute atomic E-state index is 0.313. The van der Waals surface area contributed by atoms with E-state index in [9.17, 15) is 9.59 Å². The predicted octanol–water partition coefficient (Wildman–Crippen LogP) is 6.31. The van der Waals surface area contributed by atoms with Gasteiger partial charge in [-0.15, -0.1) is 0 Å². The first-order valence-electron chi connectivity index (χ1n) is 8.68. The number of hydrogen-bond donors (Lipinski definition) is 0. The van der Waals surface area contributed by atoms with Gasteiger partial charge in [-0.1, -0.05) is 40.2 Å².